The first-order valence-corrected chi connectivity index (χ1v) is 6.59. The fourth-order valence-electron chi connectivity index (χ4n) is 2.57. The number of carbonyl (C=O) groups excluding carboxylic acids is 2. The van der Waals surface area contributed by atoms with Crippen molar-refractivity contribution in [2.75, 3.05) is 0 Å². The number of carbonyl (C=O) groups is 2. The zero-order valence-electron chi connectivity index (χ0n) is 11.3. The van der Waals surface area contributed by atoms with Gasteiger partial charge >= 0.3 is 5.97 Å². The lowest BCUT2D eigenvalue weighted by Crippen LogP contribution is -2.49. The third kappa shape index (κ3) is 2.92. The van der Waals surface area contributed by atoms with Crippen molar-refractivity contribution in [3.05, 3.63) is 11.1 Å². The highest BCUT2D eigenvalue weighted by atomic mass is 16.5. The summed E-state index contributed by atoms with van der Waals surface area (Å²) in [5.74, 6) is -0.463. The SMILES string of the molecule is CC(C)(C)NC(=O)C1OC(=O)CC2=C1CCCC2. The Balaban J connectivity index is 2.20. The van der Waals surface area contributed by atoms with Crippen molar-refractivity contribution in [1.29, 1.82) is 0 Å². The van der Waals surface area contributed by atoms with Gasteiger partial charge in [-0.3, -0.25) is 9.59 Å². The number of ether oxygens (including phenoxy) is 1. The summed E-state index contributed by atoms with van der Waals surface area (Å²) < 4.78 is 5.25. The first kappa shape index (κ1) is 13.1. The number of nitrogens with one attached hydrogen (secondary N) is 1. The highest BCUT2D eigenvalue weighted by molar-refractivity contribution is 5.89. The largest absolute Gasteiger partial charge is 0.447 e. The smallest absolute Gasteiger partial charge is 0.311 e. The van der Waals surface area contributed by atoms with Gasteiger partial charge in [0.15, 0.2) is 0 Å². The van der Waals surface area contributed by atoms with Gasteiger partial charge < -0.3 is 10.1 Å². The predicted molar refractivity (Wildman–Crippen MR) is 67.9 cm³/mol. The summed E-state index contributed by atoms with van der Waals surface area (Å²) in [6.07, 6.45) is 3.68. The van der Waals surface area contributed by atoms with Gasteiger partial charge in [-0.05, 0) is 52.0 Å². The lowest BCUT2D eigenvalue weighted by Gasteiger charge is -2.32. The molecular formula is C14H21NO3. The van der Waals surface area contributed by atoms with Gasteiger partial charge in [0.2, 0.25) is 6.10 Å². The number of amides is 1. The second-order valence-electron chi connectivity index (χ2n) is 6.12. The number of hydrogen-bond acceptors (Lipinski definition) is 3. The van der Waals surface area contributed by atoms with E-state index in [2.05, 4.69) is 5.32 Å². The average molecular weight is 251 g/mol. The van der Waals surface area contributed by atoms with Crippen LogP contribution in [-0.4, -0.2) is 23.5 Å². The summed E-state index contributed by atoms with van der Waals surface area (Å²) in [6, 6.07) is 0. The van der Waals surface area contributed by atoms with E-state index in [0.717, 1.165) is 36.8 Å². The first-order chi connectivity index (χ1) is 8.37. The summed E-state index contributed by atoms with van der Waals surface area (Å²) in [5, 5.41) is 2.89. The number of hydrogen-bond donors (Lipinski definition) is 1. The van der Waals surface area contributed by atoms with Crippen LogP contribution in [0, 0.1) is 0 Å². The maximum absolute atomic E-state index is 12.2. The molecule has 0 saturated heterocycles. The number of esters is 1. The standard InChI is InChI=1S/C14H21NO3/c1-14(2,3)15-13(17)12-10-7-5-4-6-9(10)8-11(16)18-12/h12H,4-8H2,1-3H3,(H,15,17). The molecule has 100 valence electrons. The van der Waals surface area contributed by atoms with Crippen LogP contribution in [0.2, 0.25) is 0 Å². The molecule has 0 fully saturated rings. The Morgan fingerprint density at radius 2 is 1.94 bits per heavy atom. The molecule has 1 N–H and O–H groups in total. The Kier molecular flexibility index (Phi) is 3.46. The molecule has 0 spiro atoms. The summed E-state index contributed by atoms with van der Waals surface area (Å²) in [4.78, 5) is 23.8. The van der Waals surface area contributed by atoms with Crippen molar-refractivity contribution in [2.24, 2.45) is 0 Å². The van der Waals surface area contributed by atoms with E-state index >= 15 is 0 Å². The lowest BCUT2D eigenvalue weighted by atomic mass is 9.85. The van der Waals surface area contributed by atoms with Gasteiger partial charge in [0, 0.05) is 5.54 Å². The highest BCUT2D eigenvalue weighted by Crippen LogP contribution is 2.34. The van der Waals surface area contributed by atoms with Gasteiger partial charge in [0.25, 0.3) is 5.91 Å². The van der Waals surface area contributed by atoms with E-state index in [-0.39, 0.29) is 17.4 Å². The van der Waals surface area contributed by atoms with Crippen LogP contribution in [0.5, 0.6) is 0 Å². The Hall–Kier alpha value is -1.32. The van der Waals surface area contributed by atoms with Crippen molar-refractivity contribution >= 4 is 11.9 Å². The number of rotatable bonds is 1. The Morgan fingerprint density at radius 3 is 2.61 bits per heavy atom. The molecule has 4 nitrogen and oxygen atoms in total. The first-order valence-electron chi connectivity index (χ1n) is 6.59. The molecule has 4 heteroatoms. The molecule has 0 aromatic heterocycles. The molecule has 0 saturated carbocycles. The van der Waals surface area contributed by atoms with E-state index in [0.29, 0.717) is 6.42 Å². The maximum atomic E-state index is 12.2. The van der Waals surface area contributed by atoms with Crippen LogP contribution in [0.25, 0.3) is 0 Å². The van der Waals surface area contributed by atoms with E-state index in [4.69, 9.17) is 4.74 Å². The van der Waals surface area contributed by atoms with Gasteiger partial charge in [-0.2, -0.15) is 0 Å². The van der Waals surface area contributed by atoms with Gasteiger partial charge in [-0.1, -0.05) is 5.57 Å². The Bertz CT molecular complexity index is 404. The molecule has 0 radical (unpaired) electrons. The van der Waals surface area contributed by atoms with Gasteiger partial charge in [0.1, 0.15) is 0 Å². The van der Waals surface area contributed by atoms with E-state index in [1.807, 2.05) is 20.8 Å². The second kappa shape index (κ2) is 4.75. The Morgan fingerprint density at radius 1 is 1.28 bits per heavy atom. The molecule has 0 aromatic carbocycles. The maximum Gasteiger partial charge on any atom is 0.311 e. The topological polar surface area (TPSA) is 55.4 Å². The number of cyclic esters (lactones) is 1. The Labute approximate surface area is 108 Å². The van der Waals surface area contributed by atoms with Crippen molar-refractivity contribution in [3.8, 4) is 0 Å². The van der Waals surface area contributed by atoms with Crippen LogP contribution < -0.4 is 5.32 Å². The lowest BCUT2D eigenvalue weighted by molar-refractivity contribution is -0.155. The molecule has 1 amide bonds. The average Bonchev–Trinajstić information content (AvgIpc) is 2.25. The molecule has 1 heterocycles. The second-order valence-corrected chi connectivity index (χ2v) is 6.12. The van der Waals surface area contributed by atoms with Gasteiger partial charge in [-0.15, -0.1) is 0 Å². The van der Waals surface area contributed by atoms with Crippen LogP contribution in [-0.2, 0) is 14.3 Å². The zero-order valence-corrected chi connectivity index (χ0v) is 11.3. The van der Waals surface area contributed by atoms with Crippen LogP contribution in [0.4, 0.5) is 0 Å². The molecule has 18 heavy (non-hydrogen) atoms. The predicted octanol–water partition coefficient (Wildman–Crippen LogP) is 2.09. The van der Waals surface area contributed by atoms with E-state index in [9.17, 15) is 9.59 Å². The van der Waals surface area contributed by atoms with Crippen molar-refractivity contribution in [2.45, 2.75) is 64.5 Å². The van der Waals surface area contributed by atoms with Crippen molar-refractivity contribution in [3.63, 3.8) is 0 Å². The van der Waals surface area contributed by atoms with Crippen LogP contribution in [0.15, 0.2) is 11.1 Å². The minimum absolute atomic E-state index is 0.190. The normalized spacial score (nSPS) is 24.4. The summed E-state index contributed by atoms with van der Waals surface area (Å²) in [6.45, 7) is 5.77. The quantitative estimate of drug-likeness (QED) is 0.573. The van der Waals surface area contributed by atoms with Gasteiger partial charge in [-0.25, -0.2) is 0 Å². The molecule has 0 bridgehead atoms. The van der Waals surface area contributed by atoms with Crippen LogP contribution in [0.1, 0.15) is 52.9 Å². The fraction of sp³-hybridized carbons (Fsp3) is 0.714. The molecule has 0 aromatic rings. The van der Waals surface area contributed by atoms with Gasteiger partial charge in [0.05, 0.1) is 6.42 Å². The third-order valence-electron chi connectivity index (χ3n) is 3.29. The minimum Gasteiger partial charge on any atom is -0.447 e. The highest BCUT2D eigenvalue weighted by Gasteiger charge is 2.36. The summed E-state index contributed by atoms with van der Waals surface area (Å²) in [7, 11) is 0. The van der Waals surface area contributed by atoms with Crippen molar-refractivity contribution < 1.29 is 14.3 Å². The van der Waals surface area contributed by atoms with Crippen LogP contribution in [0.3, 0.4) is 0 Å². The molecule has 1 aliphatic carbocycles. The van der Waals surface area contributed by atoms with E-state index in [1.165, 1.54) is 0 Å². The zero-order chi connectivity index (χ0) is 13.3. The summed E-state index contributed by atoms with van der Waals surface area (Å²) in [5.41, 5.74) is 1.87. The molecule has 1 aliphatic heterocycles. The fourth-order valence-corrected chi connectivity index (χ4v) is 2.57. The molecule has 2 aliphatic rings. The van der Waals surface area contributed by atoms with Crippen molar-refractivity contribution in [1.82, 2.24) is 5.32 Å². The third-order valence-corrected chi connectivity index (χ3v) is 3.29. The molecule has 1 unspecified atom stereocenters. The van der Waals surface area contributed by atoms with E-state index < -0.39 is 6.10 Å². The summed E-state index contributed by atoms with van der Waals surface area (Å²) >= 11 is 0. The molecule has 2 rings (SSSR count). The monoisotopic (exact) mass is 251 g/mol. The van der Waals surface area contributed by atoms with Crippen LogP contribution >= 0.6 is 0 Å². The minimum atomic E-state index is -0.694. The molecule has 1 atom stereocenters. The van der Waals surface area contributed by atoms with E-state index in [1.54, 1.807) is 0 Å². The molecular weight excluding hydrogens is 230 g/mol.